The summed E-state index contributed by atoms with van der Waals surface area (Å²) in [5.41, 5.74) is 1.43. The van der Waals surface area contributed by atoms with Crippen molar-refractivity contribution in [3.05, 3.63) is 12.2 Å². The Kier molecular flexibility index (Phi) is 9.20. The molecule has 5 aliphatic carbocycles. The van der Waals surface area contributed by atoms with Crippen molar-refractivity contribution in [3.8, 4) is 0 Å². The van der Waals surface area contributed by atoms with Gasteiger partial charge in [0, 0.05) is 11.8 Å². The Morgan fingerprint density at radius 1 is 0.826 bits per heavy atom. The molecule has 0 bridgehead atoms. The molecule has 6 heteroatoms. The molecule has 0 radical (unpaired) electrons. The fourth-order valence-corrected chi connectivity index (χ4v) is 13.4. The molecule has 0 aromatic carbocycles. The van der Waals surface area contributed by atoms with Gasteiger partial charge in [-0.05, 0) is 134 Å². The third kappa shape index (κ3) is 5.57. The lowest BCUT2D eigenvalue weighted by Crippen LogP contribution is -2.66. The van der Waals surface area contributed by atoms with Gasteiger partial charge in [0.25, 0.3) is 0 Å². The summed E-state index contributed by atoms with van der Waals surface area (Å²) in [6.07, 6.45) is 12.8. The van der Waals surface area contributed by atoms with Crippen molar-refractivity contribution in [1.29, 1.82) is 0 Å². The van der Waals surface area contributed by atoms with Crippen LogP contribution in [-0.4, -0.2) is 36.2 Å². The molecule has 46 heavy (non-hydrogen) atoms. The van der Waals surface area contributed by atoms with E-state index < -0.39 is 11.4 Å². The number of allylic oxidation sites excluding steroid dienone is 1. The van der Waals surface area contributed by atoms with Gasteiger partial charge >= 0.3 is 17.9 Å². The van der Waals surface area contributed by atoms with Crippen LogP contribution in [0.4, 0.5) is 0 Å². The first-order chi connectivity index (χ1) is 21.3. The molecule has 0 aromatic heterocycles. The quantitative estimate of drug-likeness (QED) is 0.199. The minimum Gasteiger partial charge on any atom is -0.481 e. The van der Waals surface area contributed by atoms with Crippen LogP contribution in [-0.2, 0) is 23.9 Å². The third-order valence-corrected chi connectivity index (χ3v) is 15.8. The zero-order valence-corrected chi connectivity index (χ0v) is 30.6. The largest absolute Gasteiger partial charge is 0.481 e. The maximum absolute atomic E-state index is 13.3. The minimum atomic E-state index is -0.657. The number of carboxylic acid groups (broad SMARTS) is 1. The second-order valence-electron chi connectivity index (χ2n) is 18.9. The number of hydrogen-bond acceptors (Lipinski definition) is 5. The number of methoxy groups -OCH3 is 1. The monoisotopic (exact) mass is 640 g/mol. The zero-order chi connectivity index (χ0) is 34.1. The molecule has 5 fully saturated rings. The highest BCUT2D eigenvalue weighted by Crippen LogP contribution is 2.78. The average molecular weight is 641 g/mol. The van der Waals surface area contributed by atoms with E-state index >= 15 is 0 Å². The summed E-state index contributed by atoms with van der Waals surface area (Å²) in [5.74, 6) is 1.59. The summed E-state index contributed by atoms with van der Waals surface area (Å²) in [4.78, 5) is 37.0. The molecule has 4 unspecified atom stereocenters. The molecule has 10 atom stereocenters. The lowest BCUT2D eigenvalue weighted by atomic mass is 9.32. The number of ether oxygens (including phenoxy) is 2. The first-order valence-electron chi connectivity index (χ1n) is 18.4. The highest BCUT2D eigenvalue weighted by molar-refractivity contribution is 5.74. The standard InChI is InChI=1S/C40H64O6/c1-25(2)26-13-19-40(20-16-31(41)42)22-21-38(8)27(34(26)40)11-12-29-37(7)17-15-30(36(5,6)28(37)14-18-39(29,38)9)46-33(44)24-35(3,4)23-32(43)45-10/h26-30,34H,1,11-24H2,2-10H3,(H,41,42)/t26-,27?,28?,29?,30-,34?,37-,38+,39+,40-/m0/s1. The van der Waals surface area contributed by atoms with Gasteiger partial charge in [-0.1, -0.05) is 60.6 Å². The van der Waals surface area contributed by atoms with Gasteiger partial charge in [0.2, 0.25) is 0 Å². The van der Waals surface area contributed by atoms with E-state index in [-0.39, 0.29) is 64.4 Å². The fourth-order valence-electron chi connectivity index (χ4n) is 13.4. The average Bonchev–Trinajstić information content (AvgIpc) is 3.33. The second kappa shape index (κ2) is 11.9. The first kappa shape index (κ1) is 35.5. The topological polar surface area (TPSA) is 89.9 Å². The summed E-state index contributed by atoms with van der Waals surface area (Å²) in [7, 11) is 1.39. The molecule has 260 valence electrons. The fraction of sp³-hybridized carbons (Fsp3) is 0.875. The molecule has 0 saturated heterocycles. The van der Waals surface area contributed by atoms with E-state index in [1.807, 2.05) is 13.8 Å². The molecule has 0 spiro atoms. The number of carboxylic acids is 1. The van der Waals surface area contributed by atoms with Gasteiger partial charge in [-0.25, -0.2) is 0 Å². The summed E-state index contributed by atoms with van der Waals surface area (Å²) in [6.45, 7) is 23.1. The molecule has 0 aromatic rings. The number of hydrogen-bond donors (Lipinski definition) is 1. The van der Waals surface area contributed by atoms with Crippen LogP contribution in [0.15, 0.2) is 12.2 Å². The smallest absolute Gasteiger partial charge is 0.306 e. The van der Waals surface area contributed by atoms with Crippen molar-refractivity contribution in [2.24, 2.45) is 62.1 Å². The number of carbonyl (C=O) groups excluding carboxylic acids is 2. The highest BCUT2D eigenvalue weighted by Gasteiger charge is 2.71. The summed E-state index contributed by atoms with van der Waals surface area (Å²) >= 11 is 0. The van der Waals surface area contributed by atoms with Crippen LogP contribution < -0.4 is 0 Å². The molecule has 0 aliphatic heterocycles. The molecule has 5 aliphatic rings. The molecular formula is C40H64O6. The van der Waals surface area contributed by atoms with E-state index in [9.17, 15) is 19.5 Å². The number of aliphatic carboxylic acids is 1. The predicted octanol–water partition coefficient (Wildman–Crippen LogP) is 9.40. The summed E-state index contributed by atoms with van der Waals surface area (Å²) in [6, 6.07) is 0. The zero-order valence-electron chi connectivity index (χ0n) is 30.6. The van der Waals surface area contributed by atoms with Crippen LogP contribution in [0.25, 0.3) is 0 Å². The van der Waals surface area contributed by atoms with E-state index in [4.69, 9.17) is 9.47 Å². The Bertz CT molecular complexity index is 1230. The predicted molar refractivity (Wildman–Crippen MR) is 181 cm³/mol. The maximum Gasteiger partial charge on any atom is 0.306 e. The molecule has 1 N–H and O–H groups in total. The van der Waals surface area contributed by atoms with Crippen molar-refractivity contribution in [1.82, 2.24) is 0 Å². The Balaban J connectivity index is 1.37. The summed E-state index contributed by atoms with van der Waals surface area (Å²) in [5, 5.41) is 9.69. The molecule has 5 rings (SSSR count). The summed E-state index contributed by atoms with van der Waals surface area (Å²) < 4.78 is 11.2. The van der Waals surface area contributed by atoms with Gasteiger partial charge in [-0.3, -0.25) is 14.4 Å². The maximum atomic E-state index is 13.3. The molecule has 0 heterocycles. The van der Waals surface area contributed by atoms with Crippen LogP contribution in [0.3, 0.4) is 0 Å². The van der Waals surface area contributed by atoms with E-state index in [1.54, 1.807) is 0 Å². The lowest BCUT2D eigenvalue weighted by Gasteiger charge is -2.73. The van der Waals surface area contributed by atoms with Crippen LogP contribution >= 0.6 is 0 Å². The number of fused-ring (bicyclic) bond motifs is 7. The van der Waals surface area contributed by atoms with Gasteiger partial charge in [0.1, 0.15) is 6.10 Å². The Morgan fingerprint density at radius 3 is 2.13 bits per heavy atom. The van der Waals surface area contributed by atoms with Crippen LogP contribution in [0.2, 0.25) is 0 Å². The second-order valence-corrected chi connectivity index (χ2v) is 18.9. The van der Waals surface area contributed by atoms with Crippen molar-refractivity contribution in [2.45, 2.75) is 151 Å². The van der Waals surface area contributed by atoms with Crippen molar-refractivity contribution in [3.63, 3.8) is 0 Å². The third-order valence-electron chi connectivity index (χ3n) is 15.8. The highest BCUT2D eigenvalue weighted by atomic mass is 16.5. The van der Waals surface area contributed by atoms with Gasteiger partial charge < -0.3 is 14.6 Å². The number of carbonyl (C=O) groups is 3. The molecular weight excluding hydrogens is 576 g/mol. The van der Waals surface area contributed by atoms with Gasteiger partial charge in [-0.2, -0.15) is 0 Å². The lowest BCUT2D eigenvalue weighted by molar-refractivity contribution is -0.250. The van der Waals surface area contributed by atoms with Crippen molar-refractivity contribution >= 4 is 17.9 Å². The number of esters is 2. The van der Waals surface area contributed by atoms with E-state index in [1.165, 1.54) is 44.8 Å². The van der Waals surface area contributed by atoms with E-state index in [0.717, 1.165) is 38.5 Å². The van der Waals surface area contributed by atoms with Crippen LogP contribution in [0.5, 0.6) is 0 Å². The van der Waals surface area contributed by atoms with Crippen LogP contribution in [0, 0.1) is 62.1 Å². The Labute approximate surface area is 279 Å². The van der Waals surface area contributed by atoms with Gasteiger partial charge in [0.05, 0.1) is 20.0 Å². The first-order valence-corrected chi connectivity index (χ1v) is 18.4. The van der Waals surface area contributed by atoms with Crippen molar-refractivity contribution in [2.75, 3.05) is 7.11 Å². The van der Waals surface area contributed by atoms with E-state index in [2.05, 4.69) is 48.1 Å². The number of rotatable bonds is 9. The molecule has 6 nitrogen and oxygen atoms in total. The normalized spacial score (nSPS) is 42.9. The van der Waals surface area contributed by atoms with Gasteiger partial charge in [0.15, 0.2) is 0 Å². The van der Waals surface area contributed by atoms with Crippen molar-refractivity contribution < 1.29 is 29.0 Å². The van der Waals surface area contributed by atoms with Crippen LogP contribution in [0.1, 0.15) is 145 Å². The van der Waals surface area contributed by atoms with Gasteiger partial charge in [-0.15, -0.1) is 0 Å². The SMILES string of the molecule is C=C(C)[C@@H]1CC[C@]2(CCC(=O)O)CC[C@]3(C)C(CCC4[C@@]5(C)CC[C@H](OC(=O)CC(C)(C)CC(=O)OC)C(C)(C)C5CC[C@]43C)C12. The van der Waals surface area contributed by atoms with E-state index in [0.29, 0.717) is 29.6 Å². The Hall–Kier alpha value is -1.85. The molecule has 5 saturated carbocycles. The minimum absolute atomic E-state index is 0.123. The molecule has 0 amide bonds. The Morgan fingerprint density at radius 2 is 1.50 bits per heavy atom.